The number of rotatable bonds is 6. The minimum Gasteiger partial charge on any atom is -0.360 e. The van der Waals surface area contributed by atoms with Crippen LogP contribution in [0.25, 0.3) is 21.9 Å². The first-order valence-electron chi connectivity index (χ1n) is 10.7. The molecule has 2 aromatic carbocycles. The maximum absolute atomic E-state index is 13.0. The Balaban J connectivity index is 1.29. The van der Waals surface area contributed by atoms with E-state index in [1.807, 2.05) is 24.3 Å². The van der Waals surface area contributed by atoms with Gasteiger partial charge in [0.1, 0.15) is 11.7 Å². The molecule has 0 aliphatic rings. The molecular weight excluding hydrogens is 461 g/mol. The van der Waals surface area contributed by atoms with Crippen LogP contribution in [0, 0.1) is 0 Å². The summed E-state index contributed by atoms with van der Waals surface area (Å²) in [6.07, 6.45) is -0.159. The molecule has 8 nitrogen and oxygen atoms in total. The fraction of sp³-hybridized carbons (Fsp3) is 0.167. The van der Waals surface area contributed by atoms with Crippen LogP contribution in [-0.2, 0) is 19.3 Å². The van der Waals surface area contributed by atoms with Crippen LogP contribution in [0.1, 0.15) is 21.5 Å². The molecule has 0 aliphatic heterocycles. The smallest absolute Gasteiger partial charge is 0.360 e. The van der Waals surface area contributed by atoms with Gasteiger partial charge in [0.05, 0.1) is 30.4 Å². The van der Waals surface area contributed by atoms with Gasteiger partial charge in [-0.1, -0.05) is 30.3 Å². The Bertz CT molecular complexity index is 1600. The van der Waals surface area contributed by atoms with E-state index < -0.39 is 17.3 Å². The van der Waals surface area contributed by atoms with Crippen LogP contribution in [0.15, 0.2) is 72.0 Å². The molecular formula is C24H19F3N6O2. The molecule has 0 saturated carbocycles. The van der Waals surface area contributed by atoms with Crippen molar-refractivity contribution in [2.75, 3.05) is 6.54 Å². The van der Waals surface area contributed by atoms with Gasteiger partial charge in [0.15, 0.2) is 5.65 Å². The second-order valence-corrected chi connectivity index (χ2v) is 7.98. The Kier molecular flexibility index (Phi) is 5.59. The number of amides is 1. The third-order valence-electron chi connectivity index (χ3n) is 5.67. The number of halogens is 3. The maximum Gasteiger partial charge on any atom is 0.416 e. The van der Waals surface area contributed by atoms with Crippen LogP contribution >= 0.6 is 0 Å². The first kappa shape index (κ1) is 22.4. The highest BCUT2D eigenvalue weighted by Gasteiger charge is 2.30. The molecule has 0 aliphatic carbocycles. The third kappa shape index (κ3) is 4.39. The van der Waals surface area contributed by atoms with E-state index in [-0.39, 0.29) is 30.9 Å². The maximum atomic E-state index is 13.0. The molecule has 0 saturated heterocycles. The Morgan fingerprint density at radius 3 is 2.74 bits per heavy atom. The van der Waals surface area contributed by atoms with Crippen molar-refractivity contribution < 1.29 is 18.0 Å². The number of para-hydroxylation sites is 1. The minimum absolute atomic E-state index is 0.0580. The molecule has 3 heterocycles. The molecule has 178 valence electrons. The topological polar surface area (TPSA) is 97.6 Å². The number of fused-ring (bicyclic) bond motifs is 2. The Hall–Kier alpha value is -4.41. The number of carbonyl (C=O) groups excluding carboxylic acids is 1. The van der Waals surface area contributed by atoms with Crippen LogP contribution in [0.4, 0.5) is 13.2 Å². The van der Waals surface area contributed by atoms with Crippen LogP contribution in [-0.4, -0.2) is 36.8 Å². The Morgan fingerprint density at radius 2 is 1.91 bits per heavy atom. The van der Waals surface area contributed by atoms with Crippen molar-refractivity contribution in [2.24, 2.45) is 0 Å². The van der Waals surface area contributed by atoms with Gasteiger partial charge < -0.3 is 10.3 Å². The number of nitrogens with zero attached hydrogens (tertiary/aromatic N) is 4. The summed E-state index contributed by atoms with van der Waals surface area (Å²) in [4.78, 5) is 32.8. The van der Waals surface area contributed by atoms with E-state index in [1.54, 1.807) is 6.20 Å². The second kappa shape index (κ2) is 8.75. The van der Waals surface area contributed by atoms with Crippen molar-refractivity contribution in [2.45, 2.75) is 19.3 Å². The molecule has 2 N–H and O–H groups in total. The highest BCUT2D eigenvalue weighted by molar-refractivity contribution is 6.06. The Labute approximate surface area is 196 Å². The van der Waals surface area contributed by atoms with Gasteiger partial charge in [0.2, 0.25) is 0 Å². The van der Waals surface area contributed by atoms with Gasteiger partial charge in [-0.05, 0) is 23.8 Å². The van der Waals surface area contributed by atoms with Crippen molar-refractivity contribution in [3.63, 3.8) is 0 Å². The van der Waals surface area contributed by atoms with Crippen molar-refractivity contribution in [1.82, 2.24) is 29.6 Å². The zero-order valence-electron chi connectivity index (χ0n) is 18.2. The van der Waals surface area contributed by atoms with Crippen molar-refractivity contribution in [1.29, 1.82) is 0 Å². The molecule has 3 aromatic heterocycles. The molecule has 0 radical (unpaired) electrons. The average Bonchev–Trinajstić information content (AvgIpc) is 3.45. The van der Waals surface area contributed by atoms with E-state index >= 15 is 0 Å². The van der Waals surface area contributed by atoms with Crippen LogP contribution in [0.2, 0.25) is 0 Å². The lowest BCUT2D eigenvalue weighted by molar-refractivity contribution is -0.137. The quantitative estimate of drug-likeness (QED) is 0.388. The van der Waals surface area contributed by atoms with E-state index in [1.165, 1.54) is 33.9 Å². The van der Waals surface area contributed by atoms with Gasteiger partial charge >= 0.3 is 6.18 Å². The SMILES string of the molecule is O=C(NCCn1ncc2c(=O)n(Cc3cccc(C(F)(F)F)c3)cnc21)c1c[nH]c2ccccc12. The summed E-state index contributed by atoms with van der Waals surface area (Å²) in [5.41, 5.74) is 0.857. The summed E-state index contributed by atoms with van der Waals surface area (Å²) < 4.78 is 41.7. The van der Waals surface area contributed by atoms with Gasteiger partial charge in [0, 0.05) is 23.6 Å². The fourth-order valence-corrected chi connectivity index (χ4v) is 3.95. The first-order chi connectivity index (χ1) is 16.8. The monoisotopic (exact) mass is 480 g/mol. The fourth-order valence-electron chi connectivity index (χ4n) is 3.95. The van der Waals surface area contributed by atoms with Crippen molar-refractivity contribution in [3.05, 3.63) is 94.3 Å². The Morgan fingerprint density at radius 1 is 1.09 bits per heavy atom. The highest BCUT2D eigenvalue weighted by atomic mass is 19.4. The minimum atomic E-state index is -4.46. The van der Waals surface area contributed by atoms with Gasteiger partial charge in [-0.3, -0.25) is 14.2 Å². The van der Waals surface area contributed by atoms with Crippen molar-refractivity contribution in [3.8, 4) is 0 Å². The summed E-state index contributed by atoms with van der Waals surface area (Å²) in [5, 5.41) is 8.08. The summed E-state index contributed by atoms with van der Waals surface area (Å²) in [5.74, 6) is -0.240. The average molecular weight is 480 g/mol. The molecule has 0 spiro atoms. The number of H-pyrrole nitrogens is 1. The molecule has 0 fully saturated rings. The van der Waals surface area contributed by atoms with E-state index in [0.29, 0.717) is 16.8 Å². The molecule has 0 atom stereocenters. The van der Waals surface area contributed by atoms with Crippen LogP contribution < -0.4 is 10.9 Å². The van der Waals surface area contributed by atoms with E-state index in [0.717, 1.165) is 23.0 Å². The molecule has 1 amide bonds. The molecule has 35 heavy (non-hydrogen) atoms. The van der Waals surface area contributed by atoms with Gasteiger partial charge in [-0.2, -0.15) is 18.3 Å². The first-order valence-corrected chi connectivity index (χ1v) is 10.7. The lowest BCUT2D eigenvalue weighted by Gasteiger charge is -2.10. The van der Waals surface area contributed by atoms with Gasteiger partial charge in [-0.25, -0.2) is 9.67 Å². The molecule has 5 rings (SSSR count). The summed E-state index contributed by atoms with van der Waals surface area (Å²) >= 11 is 0. The van der Waals surface area contributed by atoms with E-state index in [9.17, 15) is 22.8 Å². The highest BCUT2D eigenvalue weighted by Crippen LogP contribution is 2.29. The lowest BCUT2D eigenvalue weighted by Crippen LogP contribution is -2.27. The van der Waals surface area contributed by atoms with Crippen LogP contribution in [0.5, 0.6) is 0 Å². The molecule has 0 bridgehead atoms. The summed E-state index contributed by atoms with van der Waals surface area (Å²) in [6, 6.07) is 12.3. The zero-order chi connectivity index (χ0) is 24.6. The molecule has 11 heteroatoms. The molecule has 0 unspecified atom stereocenters. The standard InChI is InChI=1S/C24H19F3N6O2/c25-24(26,27)16-5-3-4-15(10-16)13-32-14-30-21-19(23(32)35)12-31-33(21)9-8-28-22(34)18-11-29-20-7-2-1-6-17(18)20/h1-7,10-12,14,29H,8-9,13H2,(H,28,34). The predicted octanol–water partition coefficient (Wildman–Crippen LogP) is 3.57. The predicted molar refractivity (Wildman–Crippen MR) is 123 cm³/mol. The number of aromatic amines is 1. The van der Waals surface area contributed by atoms with Gasteiger partial charge in [0.25, 0.3) is 11.5 Å². The number of hydrogen-bond acceptors (Lipinski definition) is 4. The second-order valence-electron chi connectivity index (χ2n) is 7.98. The number of aromatic nitrogens is 5. The van der Waals surface area contributed by atoms with E-state index in [4.69, 9.17) is 0 Å². The third-order valence-corrected chi connectivity index (χ3v) is 5.67. The number of nitrogens with one attached hydrogen (secondary N) is 2. The lowest BCUT2D eigenvalue weighted by atomic mass is 10.1. The normalized spacial score (nSPS) is 11.9. The van der Waals surface area contributed by atoms with Crippen molar-refractivity contribution >= 4 is 27.8 Å². The largest absolute Gasteiger partial charge is 0.416 e. The summed E-state index contributed by atoms with van der Waals surface area (Å²) in [7, 11) is 0. The van der Waals surface area contributed by atoms with Crippen LogP contribution in [0.3, 0.4) is 0 Å². The van der Waals surface area contributed by atoms with Gasteiger partial charge in [-0.15, -0.1) is 0 Å². The summed E-state index contributed by atoms with van der Waals surface area (Å²) in [6.45, 7) is 0.476. The zero-order valence-corrected chi connectivity index (χ0v) is 18.2. The number of carbonyl (C=O) groups is 1. The van der Waals surface area contributed by atoms with E-state index in [2.05, 4.69) is 20.4 Å². The number of hydrogen-bond donors (Lipinski definition) is 2. The number of benzene rings is 2. The molecule has 5 aromatic rings. The number of alkyl halides is 3.